The summed E-state index contributed by atoms with van der Waals surface area (Å²) in [5, 5.41) is 31.4. The van der Waals surface area contributed by atoms with Crippen LogP contribution < -0.4 is 0 Å². The molecule has 0 amide bonds. The summed E-state index contributed by atoms with van der Waals surface area (Å²) in [6, 6.07) is 0. The average molecular weight is 463 g/mol. The zero-order chi connectivity index (χ0) is 23.6. The van der Waals surface area contributed by atoms with Gasteiger partial charge in [-0.2, -0.15) is 0 Å². The summed E-state index contributed by atoms with van der Waals surface area (Å²) in [6.45, 7) is 11.0. The lowest BCUT2D eigenvalue weighted by Crippen LogP contribution is -2.58. The minimum absolute atomic E-state index is 0.0258. The molecule has 4 aliphatic carbocycles. The molecule has 0 bridgehead atoms. The molecular weight excluding hydrogens is 416 g/mol. The van der Waals surface area contributed by atoms with Crippen molar-refractivity contribution in [1.29, 1.82) is 0 Å². The van der Waals surface area contributed by atoms with Crippen LogP contribution >= 0.6 is 0 Å². The maximum absolute atomic E-state index is 10.5. The Morgan fingerprint density at radius 3 is 2.42 bits per heavy atom. The molecule has 5 heteroatoms. The highest BCUT2D eigenvalue weighted by atomic mass is 16.6. The lowest BCUT2D eigenvalue weighted by Gasteiger charge is -2.59. The van der Waals surface area contributed by atoms with Crippen molar-refractivity contribution in [3.05, 3.63) is 0 Å². The van der Waals surface area contributed by atoms with E-state index in [0.717, 1.165) is 43.4 Å². The number of fused-ring (bicyclic) bond motifs is 4. The van der Waals surface area contributed by atoms with Crippen LogP contribution in [-0.2, 0) is 9.47 Å². The summed E-state index contributed by atoms with van der Waals surface area (Å²) < 4.78 is 12.6. The van der Waals surface area contributed by atoms with E-state index in [9.17, 15) is 15.3 Å². The van der Waals surface area contributed by atoms with Gasteiger partial charge in [0.05, 0.1) is 23.9 Å². The Morgan fingerprint density at radius 1 is 0.970 bits per heavy atom. The van der Waals surface area contributed by atoms with E-state index >= 15 is 0 Å². The molecule has 1 spiro atoms. The van der Waals surface area contributed by atoms with Crippen molar-refractivity contribution < 1.29 is 24.8 Å². The number of hydrogen-bond acceptors (Lipinski definition) is 5. The van der Waals surface area contributed by atoms with Crippen molar-refractivity contribution >= 4 is 0 Å². The van der Waals surface area contributed by atoms with Gasteiger partial charge in [0.25, 0.3) is 0 Å². The third-order valence-corrected chi connectivity index (χ3v) is 12.4. The van der Waals surface area contributed by atoms with E-state index in [1.54, 1.807) is 13.8 Å². The largest absolute Gasteiger partial charge is 0.393 e. The number of epoxide rings is 1. The molecule has 0 radical (unpaired) electrons. The van der Waals surface area contributed by atoms with Crippen LogP contribution in [0.25, 0.3) is 0 Å². The van der Waals surface area contributed by atoms with Crippen LogP contribution in [0.15, 0.2) is 0 Å². The summed E-state index contributed by atoms with van der Waals surface area (Å²) in [4.78, 5) is 0. The summed E-state index contributed by atoms with van der Waals surface area (Å²) in [7, 11) is 0. The molecule has 2 heterocycles. The molecule has 2 aliphatic heterocycles. The van der Waals surface area contributed by atoms with Gasteiger partial charge in [0, 0.05) is 17.8 Å². The van der Waals surface area contributed by atoms with Crippen LogP contribution in [0.1, 0.15) is 92.4 Å². The van der Waals surface area contributed by atoms with Crippen molar-refractivity contribution in [2.24, 2.45) is 46.3 Å². The molecule has 2 saturated heterocycles. The Labute approximate surface area is 199 Å². The Bertz CT molecular complexity index is 794. The smallest absolute Gasteiger partial charge is 0.160 e. The highest BCUT2D eigenvalue weighted by molar-refractivity contribution is 5.24. The Kier molecular flexibility index (Phi) is 5.05. The molecule has 5 nitrogen and oxygen atoms in total. The Balaban J connectivity index is 1.22. The van der Waals surface area contributed by atoms with Crippen LogP contribution in [0, 0.1) is 46.3 Å². The molecule has 33 heavy (non-hydrogen) atoms. The van der Waals surface area contributed by atoms with Gasteiger partial charge in [0.2, 0.25) is 0 Å². The lowest BCUT2D eigenvalue weighted by atomic mass is 9.44. The van der Waals surface area contributed by atoms with E-state index in [0.29, 0.717) is 23.4 Å². The van der Waals surface area contributed by atoms with Gasteiger partial charge in [-0.3, -0.25) is 0 Å². The molecule has 3 N–H and O–H groups in total. The SMILES string of the molecule is C[C@@H]([C@H]1CCC2C3C[C@H]4O[C@]45C[C@@H](O)CC[C@]5(C)C3CC[C@@]21C)[C@H]1CC(C(C)(C)O)C(O)O1. The van der Waals surface area contributed by atoms with Gasteiger partial charge in [0.1, 0.15) is 5.60 Å². The molecular formula is C28H46O5. The third-order valence-electron chi connectivity index (χ3n) is 12.4. The lowest BCUT2D eigenvalue weighted by molar-refractivity contribution is -0.156. The molecule has 6 aliphatic rings. The van der Waals surface area contributed by atoms with Crippen molar-refractivity contribution in [2.75, 3.05) is 0 Å². The Morgan fingerprint density at radius 2 is 1.73 bits per heavy atom. The molecule has 13 atom stereocenters. The van der Waals surface area contributed by atoms with Crippen LogP contribution in [0.2, 0.25) is 0 Å². The molecule has 5 unspecified atom stereocenters. The van der Waals surface area contributed by atoms with E-state index in [1.807, 2.05) is 0 Å². The number of ether oxygens (including phenoxy) is 2. The average Bonchev–Trinajstić information content (AvgIpc) is 3.09. The van der Waals surface area contributed by atoms with Gasteiger partial charge in [0.15, 0.2) is 6.29 Å². The molecule has 4 saturated carbocycles. The van der Waals surface area contributed by atoms with Gasteiger partial charge in [-0.05, 0) is 100 Å². The van der Waals surface area contributed by atoms with E-state index in [-0.39, 0.29) is 29.1 Å². The third kappa shape index (κ3) is 3.08. The summed E-state index contributed by atoms with van der Waals surface area (Å²) in [6.07, 6.45) is 9.28. The highest BCUT2D eigenvalue weighted by Crippen LogP contribution is 2.74. The second-order valence-electron chi connectivity index (χ2n) is 14.1. The quantitative estimate of drug-likeness (QED) is 0.546. The number of rotatable bonds is 3. The van der Waals surface area contributed by atoms with Crippen molar-refractivity contribution in [3.8, 4) is 0 Å². The summed E-state index contributed by atoms with van der Waals surface area (Å²) in [5.41, 5.74) is -0.411. The molecule has 0 aromatic rings. The molecule has 0 aromatic heterocycles. The summed E-state index contributed by atoms with van der Waals surface area (Å²) >= 11 is 0. The topological polar surface area (TPSA) is 82.5 Å². The predicted octanol–water partition coefficient (Wildman–Crippen LogP) is 4.27. The van der Waals surface area contributed by atoms with Crippen molar-refractivity contribution in [1.82, 2.24) is 0 Å². The first-order valence-electron chi connectivity index (χ1n) is 13.8. The first-order chi connectivity index (χ1) is 15.4. The van der Waals surface area contributed by atoms with Crippen molar-refractivity contribution in [2.45, 2.75) is 128 Å². The van der Waals surface area contributed by atoms with E-state index in [4.69, 9.17) is 9.47 Å². The maximum Gasteiger partial charge on any atom is 0.160 e. The minimum atomic E-state index is -0.921. The molecule has 6 fully saturated rings. The Hall–Kier alpha value is -0.200. The van der Waals surface area contributed by atoms with E-state index in [1.165, 1.54) is 32.1 Å². The van der Waals surface area contributed by atoms with Gasteiger partial charge < -0.3 is 24.8 Å². The number of hydrogen-bond donors (Lipinski definition) is 3. The van der Waals surface area contributed by atoms with Gasteiger partial charge >= 0.3 is 0 Å². The van der Waals surface area contributed by atoms with Crippen LogP contribution in [0.3, 0.4) is 0 Å². The molecule has 188 valence electrons. The van der Waals surface area contributed by atoms with Gasteiger partial charge in [-0.1, -0.05) is 20.8 Å². The fraction of sp³-hybridized carbons (Fsp3) is 1.00. The molecule has 0 aromatic carbocycles. The van der Waals surface area contributed by atoms with Crippen molar-refractivity contribution in [3.63, 3.8) is 0 Å². The van der Waals surface area contributed by atoms with Gasteiger partial charge in [-0.15, -0.1) is 0 Å². The number of aliphatic hydroxyl groups is 3. The van der Waals surface area contributed by atoms with E-state index in [2.05, 4.69) is 20.8 Å². The van der Waals surface area contributed by atoms with E-state index < -0.39 is 11.9 Å². The van der Waals surface area contributed by atoms with Crippen LogP contribution in [0.5, 0.6) is 0 Å². The monoisotopic (exact) mass is 462 g/mol. The first kappa shape index (κ1) is 23.2. The first-order valence-corrected chi connectivity index (χ1v) is 13.8. The van der Waals surface area contributed by atoms with Crippen LogP contribution in [0.4, 0.5) is 0 Å². The fourth-order valence-corrected chi connectivity index (χ4v) is 10.5. The second kappa shape index (κ2) is 7.18. The summed E-state index contributed by atoms with van der Waals surface area (Å²) in [5.74, 6) is 2.98. The predicted molar refractivity (Wildman–Crippen MR) is 125 cm³/mol. The van der Waals surface area contributed by atoms with Gasteiger partial charge in [-0.25, -0.2) is 0 Å². The van der Waals surface area contributed by atoms with Crippen LogP contribution in [-0.4, -0.2) is 51.1 Å². The zero-order valence-electron chi connectivity index (χ0n) is 21.3. The molecule has 6 rings (SSSR count). The minimum Gasteiger partial charge on any atom is -0.393 e. The number of aliphatic hydroxyl groups excluding tert-OH is 2. The normalized spacial score (nSPS) is 58.7. The highest BCUT2D eigenvalue weighted by Gasteiger charge is 2.76. The zero-order valence-corrected chi connectivity index (χ0v) is 21.3. The second-order valence-corrected chi connectivity index (χ2v) is 14.1. The maximum atomic E-state index is 10.5. The standard InChI is InChI=1S/C28H46O5/c1-15(22-13-21(24(30)32-22)25(2,3)31)18-6-7-19-17-12-23-28(33-23)14-16(29)8-11-27(28,5)20(17)9-10-26(18,19)4/h15-24,29-31H,6-14H2,1-5H3/t15-,16-,17?,18+,19?,20?,21?,22+,23+,24?,26+,27+,28+/m0/s1. The fourth-order valence-electron chi connectivity index (χ4n) is 10.5.